The second-order valence-corrected chi connectivity index (χ2v) is 6.93. The molecule has 28 heavy (non-hydrogen) atoms. The van der Waals surface area contributed by atoms with Gasteiger partial charge in [0.05, 0.1) is 29.3 Å². The molecule has 0 spiro atoms. The molecule has 0 aliphatic carbocycles. The van der Waals surface area contributed by atoms with Crippen molar-refractivity contribution in [1.29, 1.82) is 0 Å². The third-order valence-corrected chi connectivity index (χ3v) is 4.96. The topological polar surface area (TPSA) is 127 Å². The lowest BCUT2D eigenvalue weighted by atomic mass is 10.1. The minimum atomic E-state index is -0.644. The maximum absolute atomic E-state index is 9.99. The first-order chi connectivity index (χ1) is 13.5. The van der Waals surface area contributed by atoms with E-state index >= 15 is 0 Å². The number of nitrogens with zero attached hydrogens (tertiary/aromatic N) is 3. The van der Waals surface area contributed by atoms with Crippen LogP contribution in [0.1, 0.15) is 18.2 Å². The molecular formula is C18H16ClN5O4. The van der Waals surface area contributed by atoms with Crippen LogP contribution in [0, 0.1) is 0 Å². The first kappa shape index (κ1) is 16.8. The average molecular weight is 402 g/mol. The third kappa shape index (κ3) is 2.55. The molecule has 3 aromatic rings. The van der Waals surface area contributed by atoms with E-state index in [1.54, 1.807) is 0 Å². The van der Waals surface area contributed by atoms with Crippen LogP contribution in [0.4, 0.5) is 5.95 Å². The fourth-order valence-electron chi connectivity index (χ4n) is 3.40. The van der Waals surface area contributed by atoms with Crippen molar-refractivity contribution in [2.45, 2.75) is 12.6 Å². The number of aliphatic imine (C=N–C) groups is 1. The van der Waals surface area contributed by atoms with Crippen LogP contribution >= 0.6 is 11.6 Å². The molecule has 1 atom stereocenters. The molecule has 0 radical (unpaired) electrons. The lowest BCUT2D eigenvalue weighted by molar-refractivity contribution is 0.297. The Balaban J connectivity index is 1.72. The zero-order valence-corrected chi connectivity index (χ0v) is 15.3. The molecule has 2 aliphatic heterocycles. The number of aromatic nitrogens is 2. The zero-order valence-electron chi connectivity index (χ0n) is 14.5. The smallest absolute Gasteiger partial charge is 0.212 e. The summed E-state index contributed by atoms with van der Waals surface area (Å²) in [5.74, 6) is 1.19. The van der Waals surface area contributed by atoms with Gasteiger partial charge in [-0.2, -0.15) is 0 Å². The van der Waals surface area contributed by atoms with Crippen molar-refractivity contribution in [3.63, 3.8) is 0 Å². The van der Waals surface area contributed by atoms with E-state index in [0.717, 1.165) is 11.9 Å². The fourth-order valence-corrected chi connectivity index (χ4v) is 3.62. The van der Waals surface area contributed by atoms with E-state index in [0.29, 0.717) is 41.7 Å². The van der Waals surface area contributed by atoms with Gasteiger partial charge in [-0.3, -0.25) is 9.88 Å². The predicted octanol–water partition coefficient (Wildman–Crippen LogP) is 2.55. The van der Waals surface area contributed by atoms with Gasteiger partial charge in [-0.1, -0.05) is 11.6 Å². The van der Waals surface area contributed by atoms with E-state index in [1.165, 1.54) is 12.1 Å². The van der Waals surface area contributed by atoms with Gasteiger partial charge in [-0.15, -0.1) is 0 Å². The van der Waals surface area contributed by atoms with E-state index in [4.69, 9.17) is 26.8 Å². The summed E-state index contributed by atoms with van der Waals surface area (Å²) in [7, 11) is 0. The van der Waals surface area contributed by atoms with E-state index in [9.17, 15) is 10.2 Å². The number of ether oxygens (including phenoxy) is 2. The van der Waals surface area contributed by atoms with Crippen molar-refractivity contribution in [1.82, 2.24) is 9.55 Å². The van der Waals surface area contributed by atoms with Gasteiger partial charge in [0.25, 0.3) is 0 Å². The predicted molar refractivity (Wildman–Crippen MR) is 104 cm³/mol. The summed E-state index contributed by atoms with van der Waals surface area (Å²) in [6.07, 6.45) is 0.156. The van der Waals surface area contributed by atoms with Gasteiger partial charge < -0.3 is 25.4 Å². The molecule has 0 bridgehead atoms. The number of phenols is 2. The Bertz CT molecular complexity index is 1120. The molecule has 0 saturated carbocycles. The van der Waals surface area contributed by atoms with Gasteiger partial charge >= 0.3 is 0 Å². The number of nitrogens with two attached hydrogens (primary N) is 1. The van der Waals surface area contributed by atoms with Gasteiger partial charge in [0.15, 0.2) is 35.1 Å². The lowest BCUT2D eigenvalue weighted by Gasteiger charge is -2.24. The Morgan fingerprint density at radius 3 is 2.64 bits per heavy atom. The van der Waals surface area contributed by atoms with Crippen molar-refractivity contribution in [3.05, 3.63) is 34.9 Å². The van der Waals surface area contributed by atoms with Crippen molar-refractivity contribution in [2.75, 3.05) is 18.5 Å². The highest BCUT2D eigenvalue weighted by molar-refractivity contribution is 6.32. The highest BCUT2D eigenvalue weighted by Crippen LogP contribution is 2.41. The number of aromatic hydroxyl groups is 2. The molecule has 2 aliphatic rings. The zero-order chi connectivity index (χ0) is 19.4. The number of fused-ring (bicyclic) bond motifs is 4. The molecule has 5 rings (SSSR count). The number of guanidine groups is 1. The Morgan fingerprint density at radius 1 is 1.14 bits per heavy atom. The summed E-state index contributed by atoms with van der Waals surface area (Å²) < 4.78 is 13.4. The molecule has 0 amide bonds. The number of benzene rings is 2. The first-order valence-corrected chi connectivity index (χ1v) is 9.02. The normalized spacial score (nSPS) is 18.2. The molecule has 10 heteroatoms. The van der Waals surface area contributed by atoms with Crippen molar-refractivity contribution < 1.29 is 19.7 Å². The summed E-state index contributed by atoms with van der Waals surface area (Å²) in [4.78, 5) is 9.03. The van der Waals surface area contributed by atoms with Gasteiger partial charge in [0.1, 0.15) is 0 Å². The quantitative estimate of drug-likeness (QED) is 0.461. The molecule has 0 saturated heterocycles. The van der Waals surface area contributed by atoms with E-state index in [-0.39, 0.29) is 22.5 Å². The Kier molecular flexibility index (Phi) is 3.66. The van der Waals surface area contributed by atoms with Crippen LogP contribution in [-0.2, 0) is 0 Å². The van der Waals surface area contributed by atoms with Gasteiger partial charge in [-0.25, -0.2) is 9.98 Å². The van der Waals surface area contributed by atoms with Gasteiger partial charge in [-0.05, 0) is 12.1 Å². The number of hydrogen-bond donors (Lipinski definition) is 4. The minimum absolute atomic E-state index is 0.0128. The number of phenolic OH excluding ortho intramolecular Hbond substituents is 2. The molecule has 144 valence electrons. The molecule has 0 fully saturated rings. The molecule has 3 heterocycles. The largest absolute Gasteiger partial charge is 0.504 e. The maximum atomic E-state index is 9.99. The maximum Gasteiger partial charge on any atom is 0.212 e. The molecule has 5 N–H and O–H groups in total. The van der Waals surface area contributed by atoms with Crippen LogP contribution in [0.5, 0.6) is 23.0 Å². The first-order valence-electron chi connectivity index (χ1n) is 8.64. The number of rotatable bonds is 1. The van der Waals surface area contributed by atoms with Crippen LogP contribution in [0.2, 0.25) is 5.02 Å². The van der Waals surface area contributed by atoms with Crippen LogP contribution < -0.4 is 20.5 Å². The Morgan fingerprint density at radius 2 is 1.89 bits per heavy atom. The molecule has 1 aromatic heterocycles. The third-order valence-electron chi connectivity index (χ3n) is 4.67. The molecule has 9 nitrogen and oxygen atoms in total. The second-order valence-electron chi connectivity index (χ2n) is 6.53. The van der Waals surface area contributed by atoms with Crippen LogP contribution in [0.25, 0.3) is 11.0 Å². The monoisotopic (exact) mass is 401 g/mol. The minimum Gasteiger partial charge on any atom is -0.504 e. The van der Waals surface area contributed by atoms with Crippen LogP contribution in [-0.4, -0.2) is 38.9 Å². The van der Waals surface area contributed by atoms with Crippen molar-refractivity contribution >= 4 is 34.5 Å². The van der Waals surface area contributed by atoms with Crippen LogP contribution in [0.15, 0.2) is 29.3 Å². The van der Waals surface area contributed by atoms with Crippen molar-refractivity contribution in [3.8, 4) is 23.0 Å². The van der Waals surface area contributed by atoms with E-state index < -0.39 is 6.17 Å². The van der Waals surface area contributed by atoms with E-state index in [2.05, 4.69) is 15.3 Å². The SMILES string of the molecule is NC1=NC(c2cc(O)c(O)c(Cl)c2)n2c(nc3cc4c(cc32)OCCCO4)N1. The number of halogens is 1. The summed E-state index contributed by atoms with van der Waals surface area (Å²) in [6, 6.07) is 6.59. The van der Waals surface area contributed by atoms with Gasteiger partial charge in [0, 0.05) is 24.1 Å². The van der Waals surface area contributed by atoms with Gasteiger partial charge in [0.2, 0.25) is 5.95 Å². The fraction of sp³-hybridized carbons (Fsp3) is 0.222. The number of anilines is 1. The lowest BCUT2D eigenvalue weighted by Crippen LogP contribution is -2.31. The highest BCUT2D eigenvalue weighted by atomic mass is 35.5. The summed E-state index contributed by atoms with van der Waals surface area (Å²) >= 11 is 6.04. The highest BCUT2D eigenvalue weighted by Gasteiger charge is 2.28. The number of nitrogens with one attached hydrogen (secondary N) is 1. The number of hydrogen-bond acceptors (Lipinski definition) is 8. The Labute approximate surface area is 164 Å². The molecule has 2 aromatic carbocycles. The Hall–Kier alpha value is -3.33. The summed E-state index contributed by atoms with van der Waals surface area (Å²) in [5.41, 5.74) is 7.90. The average Bonchev–Trinajstić information content (AvgIpc) is 2.84. The second kappa shape index (κ2) is 6.10. The molecule has 1 unspecified atom stereocenters. The van der Waals surface area contributed by atoms with E-state index in [1.807, 2.05) is 16.7 Å². The van der Waals surface area contributed by atoms with Crippen LogP contribution in [0.3, 0.4) is 0 Å². The standard InChI is InChI=1S/C18H16ClN5O4/c19-9-4-8(5-12(25)15(9)26)16-22-17(20)23-18-21-10-6-13-14(7-11(10)24(16)18)28-3-1-2-27-13/h4-7,16,25-26H,1-3H2,(H3,20,21,22,23). The number of imidazole rings is 1. The summed E-state index contributed by atoms with van der Waals surface area (Å²) in [5, 5.41) is 22.7. The molecular weight excluding hydrogens is 386 g/mol. The summed E-state index contributed by atoms with van der Waals surface area (Å²) in [6.45, 7) is 1.14. The van der Waals surface area contributed by atoms with Crippen molar-refractivity contribution in [2.24, 2.45) is 10.7 Å².